The number of carbonyl (C=O) groups is 1. The number of benzene rings is 3. The molecular formula is C29H30N4O2. The monoisotopic (exact) mass is 466 g/mol. The molecule has 6 nitrogen and oxygen atoms in total. The number of methoxy groups -OCH3 is 1. The Labute approximate surface area is 206 Å². The Bertz CT molecular complexity index is 1210. The van der Waals surface area contributed by atoms with Crippen molar-refractivity contribution in [2.24, 2.45) is 0 Å². The van der Waals surface area contributed by atoms with E-state index in [1.54, 1.807) is 7.11 Å². The molecule has 0 bridgehead atoms. The third kappa shape index (κ3) is 5.06. The minimum Gasteiger partial charge on any atom is -0.497 e. The molecule has 0 unspecified atom stereocenters. The molecule has 5 rings (SSSR count). The molecule has 0 radical (unpaired) electrons. The minimum absolute atomic E-state index is 0.0508. The molecule has 1 aliphatic rings. The van der Waals surface area contributed by atoms with Crippen LogP contribution in [0.25, 0.3) is 5.69 Å². The summed E-state index contributed by atoms with van der Waals surface area (Å²) in [5.74, 6) is 1.94. The Morgan fingerprint density at radius 2 is 1.54 bits per heavy atom. The van der Waals surface area contributed by atoms with Crippen molar-refractivity contribution in [2.75, 3.05) is 38.2 Å². The van der Waals surface area contributed by atoms with Crippen LogP contribution in [0.15, 0.2) is 97.3 Å². The standard InChI is InChI=1S/C29H30N4O2/c1-35-26-14-8-13-25(21-26)33-16-15-30-29(33)32-19-17-31(18-20-32)28(34)22-27(23-9-4-2-5-10-23)24-11-6-3-7-12-24/h2-16,21,27H,17-20,22H2,1H3. The zero-order chi connectivity index (χ0) is 24.0. The van der Waals surface area contributed by atoms with Crippen LogP contribution in [-0.4, -0.2) is 53.6 Å². The maximum absolute atomic E-state index is 13.4. The van der Waals surface area contributed by atoms with Crippen LogP contribution in [0.1, 0.15) is 23.5 Å². The highest BCUT2D eigenvalue weighted by atomic mass is 16.5. The van der Waals surface area contributed by atoms with E-state index in [9.17, 15) is 4.79 Å². The van der Waals surface area contributed by atoms with Gasteiger partial charge in [-0.1, -0.05) is 66.7 Å². The molecule has 0 saturated carbocycles. The fraction of sp³-hybridized carbons (Fsp3) is 0.241. The Morgan fingerprint density at radius 1 is 0.886 bits per heavy atom. The minimum atomic E-state index is 0.0508. The first-order valence-corrected chi connectivity index (χ1v) is 12.0. The number of hydrogen-bond acceptors (Lipinski definition) is 4. The smallest absolute Gasteiger partial charge is 0.223 e. The summed E-state index contributed by atoms with van der Waals surface area (Å²) in [4.78, 5) is 22.2. The summed E-state index contributed by atoms with van der Waals surface area (Å²) < 4.78 is 7.45. The lowest BCUT2D eigenvalue weighted by atomic mass is 9.88. The van der Waals surface area contributed by atoms with Crippen molar-refractivity contribution in [3.63, 3.8) is 0 Å². The second-order valence-corrected chi connectivity index (χ2v) is 8.74. The summed E-state index contributed by atoms with van der Waals surface area (Å²) in [6.07, 6.45) is 4.25. The molecule has 1 saturated heterocycles. The quantitative estimate of drug-likeness (QED) is 0.394. The number of hydrogen-bond donors (Lipinski definition) is 0. The Morgan fingerprint density at radius 3 is 2.17 bits per heavy atom. The lowest BCUT2D eigenvalue weighted by Crippen LogP contribution is -2.49. The van der Waals surface area contributed by atoms with Gasteiger partial charge in [0, 0.05) is 57.0 Å². The maximum Gasteiger partial charge on any atom is 0.223 e. The molecule has 35 heavy (non-hydrogen) atoms. The van der Waals surface area contributed by atoms with Crippen molar-refractivity contribution in [1.82, 2.24) is 14.5 Å². The first-order chi connectivity index (χ1) is 17.2. The number of amides is 1. The highest BCUT2D eigenvalue weighted by Gasteiger charge is 2.26. The third-order valence-corrected chi connectivity index (χ3v) is 6.65. The Kier molecular flexibility index (Phi) is 6.80. The van der Waals surface area contributed by atoms with Crippen molar-refractivity contribution < 1.29 is 9.53 Å². The zero-order valence-electron chi connectivity index (χ0n) is 20.0. The van der Waals surface area contributed by atoms with E-state index in [4.69, 9.17) is 4.74 Å². The summed E-state index contributed by atoms with van der Waals surface area (Å²) >= 11 is 0. The van der Waals surface area contributed by atoms with Crippen molar-refractivity contribution >= 4 is 11.9 Å². The molecule has 1 aliphatic heterocycles. The first kappa shape index (κ1) is 22.7. The SMILES string of the molecule is COc1cccc(-n2ccnc2N2CCN(C(=O)CC(c3ccccc3)c3ccccc3)CC2)c1. The molecule has 3 aromatic carbocycles. The zero-order valence-corrected chi connectivity index (χ0v) is 20.0. The highest BCUT2D eigenvalue weighted by molar-refractivity contribution is 5.78. The van der Waals surface area contributed by atoms with Gasteiger partial charge < -0.3 is 14.5 Å². The van der Waals surface area contributed by atoms with Gasteiger partial charge >= 0.3 is 0 Å². The van der Waals surface area contributed by atoms with Crippen molar-refractivity contribution in [3.8, 4) is 11.4 Å². The van der Waals surface area contributed by atoms with E-state index < -0.39 is 0 Å². The van der Waals surface area contributed by atoms with Gasteiger partial charge in [0.05, 0.1) is 12.8 Å². The molecule has 178 valence electrons. The predicted molar refractivity (Wildman–Crippen MR) is 138 cm³/mol. The van der Waals surface area contributed by atoms with Crippen LogP contribution in [0.2, 0.25) is 0 Å². The first-order valence-electron chi connectivity index (χ1n) is 12.0. The predicted octanol–water partition coefficient (Wildman–Crippen LogP) is 4.75. The fourth-order valence-electron chi connectivity index (χ4n) is 4.75. The molecular weight excluding hydrogens is 436 g/mol. The molecule has 6 heteroatoms. The van der Waals surface area contributed by atoms with Gasteiger partial charge in [-0.2, -0.15) is 0 Å². The normalized spacial score (nSPS) is 13.8. The van der Waals surface area contributed by atoms with Crippen LogP contribution in [-0.2, 0) is 4.79 Å². The van der Waals surface area contributed by atoms with Gasteiger partial charge in [0.2, 0.25) is 11.9 Å². The summed E-state index contributed by atoms with van der Waals surface area (Å²) in [6, 6.07) is 28.6. The van der Waals surface area contributed by atoms with Crippen LogP contribution in [0.3, 0.4) is 0 Å². The van der Waals surface area contributed by atoms with E-state index in [2.05, 4.69) is 38.7 Å². The molecule has 0 aliphatic carbocycles. The van der Waals surface area contributed by atoms with Gasteiger partial charge in [-0.3, -0.25) is 9.36 Å². The van der Waals surface area contributed by atoms with Gasteiger partial charge in [-0.05, 0) is 23.3 Å². The van der Waals surface area contributed by atoms with Gasteiger partial charge in [-0.15, -0.1) is 0 Å². The molecule has 1 aromatic heterocycles. The van der Waals surface area contributed by atoms with E-state index in [0.717, 1.165) is 30.5 Å². The van der Waals surface area contributed by atoms with E-state index in [1.165, 1.54) is 11.1 Å². The largest absolute Gasteiger partial charge is 0.497 e. The average Bonchev–Trinajstić information content (AvgIpc) is 3.43. The second kappa shape index (κ2) is 10.5. The summed E-state index contributed by atoms with van der Waals surface area (Å²) in [7, 11) is 1.67. The van der Waals surface area contributed by atoms with E-state index in [0.29, 0.717) is 19.5 Å². The van der Waals surface area contributed by atoms with Gasteiger partial charge in [0.25, 0.3) is 0 Å². The van der Waals surface area contributed by atoms with Crippen LogP contribution in [0.5, 0.6) is 5.75 Å². The summed E-state index contributed by atoms with van der Waals surface area (Å²) in [5.41, 5.74) is 3.35. The number of piperazine rings is 1. The van der Waals surface area contributed by atoms with Crippen molar-refractivity contribution in [1.29, 1.82) is 0 Å². The molecule has 0 spiro atoms. The molecule has 1 amide bonds. The number of anilines is 1. The number of carbonyl (C=O) groups excluding carboxylic acids is 1. The van der Waals surface area contributed by atoms with Crippen LogP contribution in [0.4, 0.5) is 5.95 Å². The summed E-state index contributed by atoms with van der Waals surface area (Å²) in [5, 5.41) is 0. The summed E-state index contributed by atoms with van der Waals surface area (Å²) in [6.45, 7) is 2.85. The van der Waals surface area contributed by atoms with Gasteiger partial charge in [0.1, 0.15) is 5.75 Å². The lowest BCUT2D eigenvalue weighted by molar-refractivity contribution is -0.131. The number of nitrogens with zero attached hydrogens (tertiary/aromatic N) is 4. The highest BCUT2D eigenvalue weighted by Crippen LogP contribution is 2.29. The third-order valence-electron chi connectivity index (χ3n) is 6.65. The fourth-order valence-corrected chi connectivity index (χ4v) is 4.75. The van der Waals surface area contributed by atoms with Gasteiger partial charge in [-0.25, -0.2) is 4.98 Å². The average molecular weight is 467 g/mol. The number of imidazole rings is 1. The van der Waals surface area contributed by atoms with Crippen molar-refractivity contribution in [2.45, 2.75) is 12.3 Å². The lowest BCUT2D eigenvalue weighted by Gasteiger charge is -2.36. The molecule has 0 atom stereocenters. The number of rotatable bonds is 7. The van der Waals surface area contributed by atoms with Gasteiger partial charge in [0.15, 0.2) is 0 Å². The van der Waals surface area contributed by atoms with E-state index in [-0.39, 0.29) is 11.8 Å². The number of ether oxygens (including phenoxy) is 1. The van der Waals surface area contributed by atoms with Crippen LogP contribution >= 0.6 is 0 Å². The van der Waals surface area contributed by atoms with Crippen molar-refractivity contribution in [3.05, 3.63) is 108 Å². The van der Waals surface area contributed by atoms with E-state index >= 15 is 0 Å². The number of aromatic nitrogens is 2. The topological polar surface area (TPSA) is 50.6 Å². The Hall–Kier alpha value is -4.06. The van der Waals surface area contributed by atoms with E-state index in [1.807, 2.05) is 78.0 Å². The molecule has 1 fully saturated rings. The van der Waals surface area contributed by atoms with Crippen LogP contribution in [0, 0.1) is 0 Å². The molecule has 4 aromatic rings. The van der Waals surface area contributed by atoms with Crippen LogP contribution < -0.4 is 9.64 Å². The molecule has 2 heterocycles. The second-order valence-electron chi connectivity index (χ2n) is 8.74. The maximum atomic E-state index is 13.4. The Balaban J connectivity index is 1.27. The molecule has 0 N–H and O–H groups in total.